The van der Waals surface area contributed by atoms with Crippen molar-refractivity contribution in [2.75, 3.05) is 7.11 Å². The van der Waals surface area contributed by atoms with Crippen molar-refractivity contribution in [2.45, 2.75) is 0 Å². The number of hydrogen-bond donors (Lipinski definition) is 1. The molecule has 0 aliphatic carbocycles. The number of benzene rings is 3. The zero-order valence-corrected chi connectivity index (χ0v) is 18.4. The number of hydrogen-bond acceptors (Lipinski definition) is 4. The lowest BCUT2D eigenvalue weighted by Gasteiger charge is -2.19. The first kappa shape index (κ1) is 21.6. The predicted octanol–water partition coefficient (Wildman–Crippen LogP) is 4.98. The zero-order valence-electron chi connectivity index (χ0n) is 16.9. The fourth-order valence-corrected chi connectivity index (χ4v) is 3.59. The van der Waals surface area contributed by atoms with Gasteiger partial charge in [0.25, 0.3) is 11.8 Å². The average Bonchev–Trinajstić information content (AvgIpc) is 3.10. The summed E-state index contributed by atoms with van der Waals surface area (Å²) < 4.78 is 5.17. The van der Waals surface area contributed by atoms with E-state index in [1.807, 2.05) is 30.3 Å². The van der Waals surface area contributed by atoms with Crippen molar-refractivity contribution in [3.05, 3.63) is 105 Å². The van der Waals surface area contributed by atoms with Crippen LogP contribution < -0.4 is 10.2 Å². The third kappa shape index (κ3) is 4.51. The molecule has 4 rings (SSSR count). The third-order valence-electron chi connectivity index (χ3n) is 4.70. The molecule has 1 aliphatic rings. The Labute approximate surface area is 194 Å². The quantitative estimate of drug-likeness (QED) is 0.540. The van der Waals surface area contributed by atoms with Crippen LogP contribution in [0.2, 0.25) is 10.0 Å². The van der Waals surface area contributed by atoms with E-state index in [0.29, 0.717) is 22.2 Å². The molecule has 0 atom stereocenters. The molecule has 0 spiro atoms. The van der Waals surface area contributed by atoms with Crippen LogP contribution in [0.15, 0.2) is 83.5 Å². The van der Waals surface area contributed by atoms with E-state index in [4.69, 9.17) is 27.9 Å². The minimum atomic E-state index is -0.561. The maximum Gasteiger partial charge on any atom is 0.297 e. The van der Waals surface area contributed by atoms with Crippen LogP contribution in [-0.4, -0.2) is 29.8 Å². The van der Waals surface area contributed by atoms with Crippen molar-refractivity contribution in [1.82, 2.24) is 10.4 Å². The standard InChI is InChI=1S/C24H17Cl2N3O3/c1-32-18-10-7-15(8-11-18)13-21-24(31)29(22(27-21)16-5-3-2-4-6-16)28-23(30)19-12-9-17(25)14-20(19)26/h2-14H,1H3,(H,28,30). The molecule has 2 amide bonds. The normalized spacial score (nSPS) is 14.5. The van der Waals surface area contributed by atoms with Crippen LogP contribution in [-0.2, 0) is 4.79 Å². The van der Waals surface area contributed by atoms with Crippen LogP contribution in [0.25, 0.3) is 6.08 Å². The number of nitrogens with zero attached hydrogens (tertiary/aromatic N) is 2. The molecule has 3 aromatic rings. The maximum absolute atomic E-state index is 13.2. The summed E-state index contributed by atoms with van der Waals surface area (Å²) in [4.78, 5) is 30.5. The highest BCUT2D eigenvalue weighted by molar-refractivity contribution is 6.36. The molecule has 0 saturated heterocycles. The van der Waals surface area contributed by atoms with Gasteiger partial charge in [0.05, 0.1) is 17.7 Å². The van der Waals surface area contributed by atoms with Crippen LogP contribution >= 0.6 is 23.2 Å². The molecule has 32 heavy (non-hydrogen) atoms. The first-order chi connectivity index (χ1) is 15.5. The number of carbonyl (C=O) groups excluding carboxylic acids is 2. The van der Waals surface area contributed by atoms with Gasteiger partial charge in [0, 0.05) is 10.6 Å². The Bertz CT molecular complexity index is 1240. The number of hydrazine groups is 1. The van der Waals surface area contributed by atoms with Gasteiger partial charge in [-0.3, -0.25) is 15.0 Å². The molecule has 0 fully saturated rings. The van der Waals surface area contributed by atoms with Gasteiger partial charge in [-0.15, -0.1) is 0 Å². The molecule has 8 heteroatoms. The summed E-state index contributed by atoms with van der Waals surface area (Å²) in [5.41, 5.74) is 4.41. The summed E-state index contributed by atoms with van der Waals surface area (Å²) in [5, 5.41) is 1.70. The molecule has 0 radical (unpaired) electrons. The van der Waals surface area contributed by atoms with E-state index in [0.717, 1.165) is 10.6 Å². The number of nitrogens with one attached hydrogen (secondary N) is 1. The monoisotopic (exact) mass is 465 g/mol. The molecule has 6 nitrogen and oxygen atoms in total. The zero-order chi connectivity index (χ0) is 22.7. The first-order valence-electron chi connectivity index (χ1n) is 9.56. The van der Waals surface area contributed by atoms with Crippen molar-refractivity contribution in [2.24, 2.45) is 4.99 Å². The minimum absolute atomic E-state index is 0.175. The number of aliphatic imine (C=N–C) groups is 1. The number of amidine groups is 1. The van der Waals surface area contributed by atoms with Gasteiger partial charge in [0.1, 0.15) is 11.4 Å². The Kier molecular flexibility index (Phi) is 6.25. The van der Waals surface area contributed by atoms with Crippen LogP contribution in [0.5, 0.6) is 5.75 Å². The lowest BCUT2D eigenvalue weighted by atomic mass is 10.2. The fourth-order valence-electron chi connectivity index (χ4n) is 3.09. The number of carbonyl (C=O) groups is 2. The van der Waals surface area contributed by atoms with Crippen LogP contribution in [0.1, 0.15) is 21.5 Å². The molecule has 1 aliphatic heterocycles. The van der Waals surface area contributed by atoms with E-state index in [1.54, 1.807) is 43.5 Å². The van der Waals surface area contributed by atoms with Gasteiger partial charge in [0.2, 0.25) is 0 Å². The van der Waals surface area contributed by atoms with Crippen LogP contribution in [0, 0.1) is 0 Å². The summed E-state index contributed by atoms with van der Waals surface area (Å²) in [5.74, 6) is -0.0339. The molecule has 0 saturated carbocycles. The van der Waals surface area contributed by atoms with E-state index in [2.05, 4.69) is 10.4 Å². The minimum Gasteiger partial charge on any atom is -0.497 e. The van der Waals surface area contributed by atoms with E-state index >= 15 is 0 Å². The fraction of sp³-hybridized carbons (Fsp3) is 0.0417. The maximum atomic E-state index is 13.2. The van der Waals surface area contributed by atoms with Gasteiger partial charge in [-0.2, -0.15) is 5.01 Å². The smallest absolute Gasteiger partial charge is 0.297 e. The second kappa shape index (κ2) is 9.26. The molecular formula is C24H17Cl2N3O3. The topological polar surface area (TPSA) is 71.0 Å². The highest BCUT2D eigenvalue weighted by atomic mass is 35.5. The van der Waals surface area contributed by atoms with Crippen LogP contribution in [0.4, 0.5) is 0 Å². The molecular weight excluding hydrogens is 449 g/mol. The Morgan fingerprint density at radius 3 is 2.41 bits per heavy atom. The Morgan fingerprint density at radius 1 is 1.03 bits per heavy atom. The van der Waals surface area contributed by atoms with Crippen LogP contribution in [0.3, 0.4) is 0 Å². The largest absolute Gasteiger partial charge is 0.497 e. The Hall–Kier alpha value is -3.61. The molecule has 3 aromatic carbocycles. The second-order valence-corrected chi connectivity index (χ2v) is 7.65. The molecule has 0 bridgehead atoms. The SMILES string of the molecule is COc1ccc(C=C2N=C(c3ccccc3)N(NC(=O)c3ccc(Cl)cc3Cl)C2=O)cc1. The molecule has 0 aromatic heterocycles. The lowest BCUT2D eigenvalue weighted by molar-refractivity contribution is -0.124. The van der Waals surface area contributed by atoms with Crippen molar-refractivity contribution < 1.29 is 14.3 Å². The predicted molar refractivity (Wildman–Crippen MR) is 125 cm³/mol. The van der Waals surface area contributed by atoms with E-state index in [9.17, 15) is 9.59 Å². The highest BCUT2D eigenvalue weighted by Crippen LogP contribution is 2.24. The van der Waals surface area contributed by atoms with Crippen molar-refractivity contribution in [3.63, 3.8) is 0 Å². The highest BCUT2D eigenvalue weighted by Gasteiger charge is 2.33. The third-order valence-corrected chi connectivity index (χ3v) is 5.25. The summed E-state index contributed by atoms with van der Waals surface area (Å²) in [6.07, 6.45) is 1.64. The van der Waals surface area contributed by atoms with Crippen molar-refractivity contribution in [3.8, 4) is 5.75 Å². The molecule has 160 valence electrons. The molecule has 0 unspecified atom stereocenters. The van der Waals surface area contributed by atoms with E-state index < -0.39 is 11.8 Å². The number of ether oxygens (including phenoxy) is 1. The van der Waals surface area contributed by atoms with Gasteiger partial charge in [-0.05, 0) is 42.0 Å². The van der Waals surface area contributed by atoms with E-state index in [-0.39, 0.29) is 16.3 Å². The Morgan fingerprint density at radius 2 is 1.75 bits per heavy atom. The molecule has 1 heterocycles. The van der Waals surface area contributed by atoms with Gasteiger partial charge >= 0.3 is 0 Å². The summed E-state index contributed by atoms with van der Waals surface area (Å²) in [6, 6.07) is 20.8. The van der Waals surface area contributed by atoms with E-state index in [1.165, 1.54) is 12.1 Å². The van der Waals surface area contributed by atoms with Crippen molar-refractivity contribution in [1.29, 1.82) is 0 Å². The first-order valence-corrected chi connectivity index (χ1v) is 10.3. The van der Waals surface area contributed by atoms with Gasteiger partial charge < -0.3 is 4.74 Å². The number of rotatable bonds is 5. The Balaban J connectivity index is 1.68. The lowest BCUT2D eigenvalue weighted by Crippen LogP contribution is -2.47. The van der Waals surface area contributed by atoms with Crippen molar-refractivity contribution >= 4 is 46.9 Å². The number of amides is 2. The second-order valence-electron chi connectivity index (χ2n) is 6.81. The average molecular weight is 466 g/mol. The van der Waals surface area contributed by atoms with Gasteiger partial charge in [0.15, 0.2) is 5.84 Å². The molecule has 1 N–H and O–H groups in total. The summed E-state index contributed by atoms with van der Waals surface area (Å²) >= 11 is 12.1. The summed E-state index contributed by atoms with van der Waals surface area (Å²) in [7, 11) is 1.58. The van der Waals surface area contributed by atoms with Gasteiger partial charge in [-0.25, -0.2) is 4.99 Å². The number of halogens is 2. The number of methoxy groups -OCH3 is 1. The summed E-state index contributed by atoms with van der Waals surface area (Å²) in [6.45, 7) is 0. The van der Waals surface area contributed by atoms with Gasteiger partial charge in [-0.1, -0.05) is 65.7 Å².